The number of hydrogen-bond donors (Lipinski definition) is 0. The number of rotatable bonds is 1. The van der Waals surface area contributed by atoms with Gasteiger partial charge in [0, 0.05) is 0 Å². The fourth-order valence-corrected chi connectivity index (χ4v) is 3.52. The molecule has 0 bridgehead atoms. The first-order valence-electron chi connectivity index (χ1n) is 6.52. The molecule has 0 aromatic carbocycles. The molecule has 3 aliphatic carbocycles. The molecule has 80 valence electrons. The van der Waals surface area contributed by atoms with Crippen LogP contribution in [-0.2, 0) is 0 Å². The van der Waals surface area contributed by atoms with Crippen LogP contribution in [0.2, 0.25) is 0 Å². The van der Waals surface area contributed by atoms with Gasteiger partial charge in [-0.1, -0.05) is 37.1 Å². The van der Waals surface area contributed by atoms with Gasteiger partial charge in [0.25, 0.3) is 0 Å². The minimum absolute atomic E-state index is 0.865. The summed E-state index contributed by atoms with van der Waals surface area (Å²) in [6, 6.07) is 0. The maximum atomic E-state index is 2.52. The van der Waals surface area contributed by atoms with Gasteiger partial charge in [-0.05, 0) is 55.1 Å². The van der Waals surface area contributed by atoms with Crippen LogP contribution in [0.4, 0.5) is 0 Å². The second-order valence-corrected chi connectivity index (χ2v) is 5.19. The van der Waals surface area contributed by atoms with Gasteiger partial charge in [-0.15, -0.1) is 0 Å². The average Bonchev–Trinajstić information content (AvgIpc) is 2.82. The summed E-state index contributed by atoms with van der Waals surface area (Å²) in [5, 5.41) is 0. The Balaban J connectivity index is 1.87. The third-order valence-corrected chi connectivity index (χ3v) is 4.28. The van der Waals surface area contributed by atoms with Crippen LogP contribution in [-0.4, -0.2) is 0 Å². The van der Waals surface area contributed by atoms with Gasteiger partial charge >= 0.3 is 0 Å². The van der Waals surface area contributed by atoms with Crippen molar-refractivity contribution in [3.05, 3.63) is 35.5 Å². The molecule has 0 spiro atoms. The van der Waals surface area contributed by atoms with E-state index in [9.17, 15) is 0 Å². The molecule has 3 rings (SSSR count). The Hall–Kier alpha value is -0.780. The highest BCUT2D eigenvalue weighted by atomic mass is 14.3. The van der Waals surface area contributed by atoms with Crippen LogP contribution < -0.4 is 0 Å². The lowest BCUT2D eigenvalue weighted by molar-refractivity contribution is 0.388. The van der Waals surface area contributed by atoms with E-state index in [2.05, 4.69) is 24.3 Å². The molecule has 1 unspecified atom stereocenters. The van der Waals surface area contributed by atoms with Crippen LogP contribution in [0.15, 0.2) is 35.5 Å². The minimum Gasteiger partial charge on any atom is -0.0833 e. The van der Waals surface area contributed by atoms with Crippen molar-refractivity contribution >= 4 is 0 Å². The van der Waals surface area contributed by atoms with Gasteiger partial charge in [0.15, 0.2) is 0 Å². The van der Waals surface area contributed by atoms with Crippen LogP contribution in [0.3, 0.4) is 0 Å². The van der Waals surface area contributed by atoms with E-state index in [-0.39, 0.29) is 0 Å². The van der Waals surface area contributed by atoms with E-state index in [0.717, 1.165) is 11.8 Å². The molecule has 3 aliphatic rings. The van der Waals surface area contributed by atoms with Gasteiger partial charge < -0.3 is 0 Å². The highest BCUT2D eigenvalue weighted by molar-refractivity contribution is 5.46. The van der Waals surface area contributed by atoms with Gasteiger partial charge in [0.05, 0.1) is 0 Å². The van der Waals surface area contributed by atoms with Crippen molar-refractivity contribution in [2.24, 2.45) is 11.8 Å². The van der Waals surface area contributed by atoms with E-state index in [1.54, 1.807) is 11.1 Å². The average molecular weight is 200 g/mol. The van der Waals surface area contributed by atoms with Crippen LogP contribution in [0.1, 0.15) is 44.9 Å². The Morgan fingerprint density at radius 1 is 1.00 bits per heavy atom. The molecule has 0 aliphatic heterocycles. The Bertz CT molecular complexity index is 324. The van der Waals surface area contributed by atoms with Crippen molar-refractivity contribution in [1.29, 1.82) is 0 Å². The summed E-state index contributed by atoms with van der Waals surface area (Å²) >= 11 is 0. The summed E-state index contributed by atoms with van der Waals surface area (Å²) in [7, 11) is 0. The summed E-state index contributed by atoms with van der Waals surface area (Å²) in [6.45, 7) is 0. The Morgan fingerprint density at radius 3 is 2.67 bits per heavy atom. The van der Waals surface area contributed by atoms with E-state index in [4.69, 9.17) is 0 Å². The topological polar surface area (TPSA) is 0 Å². The van der Waals surface area contributed by atoms with Gasteiger partial charge in [-0.3, -0.25) is 0 Å². The SMILES string of the molecule is C1=CC2=CCCC=C2C(C2CCCC2)C1. The smallest absolute Gasteiger partial charge is 0.00963 e. The van der Waals surface area contributed by atoms with Crippen molar-refractivity contribution in [3.8, 4) is 0 Å². The first-order valence-corrected chi connectivity index (χ1v) is 6.52. The summed E-state index contributed by atoms with van der Waals surface area (Å²) in [5.41, 5.74) is 3.24. The summed E-state index contributed by atoms with van der Waals surface area (Å²) in [4.78, 5) is 0. The molecule has 1 saturated carbocycles. The molecule has 0 nitrogen and oxygen atoms in total. The predicted molar refractivity (Wildman–Crippen MR) is 64.6 cm³/mol. The molecule has 0 saturated heterocycles. The lowest BCUT2D eigenvalue weighted by Crippen LogP contribution is -2.18. The largest absolute Gasteiger partial charge is 0.0833 e. The first-order chi connectivity index (χ1) is 7.45. The predicted octanol–water partition coefficient (Wildman–Crippen LogP) is 4.40. The standard InChI is InChI=1S/C15H20/c1-2-7-12(6-1)15-11-5-9-13-8-3-4-10-14(13)15/h5,8-10,12,15H,1-4,6-7,11H2. The number of allylic oxidation sites excluding steroid dienone is 6. The molecule has 1 fully saturated rings. The maximum absolute atomic E-state index is 2.52. The molecule has 0 amide bonds. The normalized spacial score (nSPS) is 31.1. The molecule has 0 radical (unpaired) electrons. The highest BCUT2D eigenvalue weighted by Gasteiger charge is 2.29. The quantitative estimate of drug-likeness (QED) is 0.588. The maximum Gasteiger partial charge on any atom is -0.00963 e. The molecule has 15 heavy (non-hydrogen) atoms. The van der Waals surface area contributed by atoms with E-state index >= 15 is 0 Å². The first kappa shape index (κ1) is 9.45. The van der Waals surface area contributed by atoms with E-state index in [0.29, 0.717) is 0 Å². The fraction of sp³-hybridized carbons (Fsp3) is 0.600. The van der Waals surface area contributed by atoms with E-state index < -0.39 is 0 Å². The monoisotopic (exact) mass is 200 g/mol. The van der Waals surface area contributed by atoms with Crippen molar-refractivity contribution in [1.82, 2.24) is 0 Å². The second kappa shape index (κ2) is 4.00. The molecule has 0 aromatic rings. The Labute approximate surface area is 92.8 Å². The molecule has 0 heteroatoms. The van der Waals surface area contributed by atoms with Gasteiger partial charge in [-0.25, -0.2) is 0 Å². The Morgan fingerprint density at radius 2 is 1.80 bits per heavy atom. The van der Waals surface area contributed by atoms with Crippen molar-refractivity contribution in [3.63, 3.8) is 0 Å². The summed E-state index contributed by atoms with van der Waals surface area (Å²) < 4.78 is 0. The minimum atomic E-state index is 0.865. The third-order valence-electron chi connectivity index (χ3n) is 4.28. The zero-order valence-corrected chi connectivity index (χ0v) is 9.41. The molecular formula is C15H20. The van der Waals surface area contributed by atoms with Gasteiger partial charge in [0.2, 0.25) is 0 Å². The number of fused-ring (bicyclic) bond motifs is 1. The zero-order chi connectivity index (χ0) is 10.1. The highest BCUT2D eigenvalue weighted by Crippen LogP contribution is 2.43. The molecule has 0 N–H and O–H groups in total. The molecule has 0 heterocycles. The summed E-state index contributed by atoms with van der Waals surface area (Å²) in [6.07, 6.45) is 19.4. The fourth-order valence-electron chi connectivity index (χ4n) is 3.52. The van der Waals surface area contributed by atoms with E-state index in [1.165, 1.54) is 44.9 Å². The van der Waals surface area contributed by atoms with Crippen LogP contribution in [0.5, 0.6) is 0 Å². The van der Waals surface area contributed by atoms with Gasteiger partial charge in [0.1, 0.15) is 0 Å². The summed E-state index contributed by atoms with van der Waals surface area (Å²) in [5.74, 6) is 1.85. The third kappa shape index (κ3) is 1.71. The zero-order valence-electron chi connectivity index (χ0n) is 9.41. The van der Waals surface area contributed by atoms with Crippen LogP contribution in [0, 0.1) is 11.8 Å². The van der Waals surface area contributed by atoms with Crippen LogP contribution in [0.25, 0.3) is 0 Å². The van der Waals surface area contributed by atoms with Crippen molar-refractivity contribution in [2.75, 3.05) is 0 Å². The lowest BCUT2D eigenvalue weighted by Gasteiger charge is -2.30. The van der Waals surface area contributed by atoms with Crippen LogP contribution >= 0.6 is 0 Å². The van der Waals surface area contributed by atoms with Crippen molar-refractivity contribution in [2.45, 2.75) is 44.9 Å². The number of hydrogen-bond acceptors (Lipinski definition) is 0. The van der Waals surface area contributed by atoms with Gasteiger partial charge in [-0.2, -0.15) is 0 Å². The second-order valence-electron chi connectivity index (χ2n) is 5.19. The lowest BCUT2D eigenvalue weighted by atomic mass is 9.74. The van der Waals surface area contributed by atoms with E-state index in [1.807, 2.05) is 0 Å². The Kier molecular flexibility index (Phi) is 2.52. The van der Waals surface area contributed by atoms with Crippen molar-refractivity contribution < 1.29 is 0 Å². The molecular weight excluding hydrogens is 180 g/mol. The molecule has 0 aromatic heterocycles. The molecule has 1 atom stereocenters.